The number of amides is 1. The molecule has 0 bridgehead atoms. The van der Waals surface area contributed by atoms with Crippen molar-refractivity contribution >= 4 is 23.5 Å². The van der Waals surface area contributed by atoms with Gasteiger partial charge in [-0.2, -0.15) is 0 Å². The predicted molar refractivity (Wildman–Crippen MR) is 68.0 cm³/mol. The Balaban J connectivity index is 2.42. The average molecular weight is 288 g/mol. The number of carbonyl (C=O) groups excluding carboxylic acids is 2. The fraction of sp³-hybridized carbons (Fsp3) is 0.333. The smallest absolute Gasteiger partial charge is 0.330 e. The van der Waals surface area contributed by atoms with Gasteiger partial charge in [0.25, 0.3) is 5.91 Å². The van der Waals surface area contributed by atoms with Gasteiger partial charge < -0.3 is 19.9 Å². The van der Waals surface area contributed by atoms with Crippen molar-refractivity contribution in [1.82, 2.24) is 5.32 Å². The third-order valence-corrected chi connectivity index (χ3v) is 2.44. The lowest BCUT2D eigenvalue weighted by Crippen LogP contribution is -2.45. The van der Waals surface area contributed by atoms with Crippen LogP contribution < -0.4 is 10.1 Å². The molecule has 0 spiro atoms. The fourth-order valence-electron chi connectivity index (χ4n) is 1.24. The van der Waals surface area contributed by atoms with Crippen LogP contribution in [0.3, 0.4) is 0 Å². The first-order valence-electron chi connectivity index (χ1n) is 5.43. The van der Waals surface area contributed by atoms with Crippen LogP contribution in [0.2, 0.25) is 5.02 Å². The number of hydrogen-bond acceptors (Lipinski definition) is 5. The molecule has 6 nitrogen and oxygen atoms in total. The number of benzene rings is 1. The minimum Gasteiger partial charge on any atom is -0.484 e. The van der Waals surface area contributed by atoms with E-state index >= 15 is 0 Å². The van der Waals surface area contributed by atoms with E-state index in [1.807, 2.05) is 0 Å². The van der Waals surface area contributed by atoms with Crippen molar-refractivity contribution in [3.05, 3.63) is 29.3 Å². The Morgan fingerprint density at radius 2 is 2.00 bits per heavy atom. The Kier molecular flexibility index (Phi) is 6.11. The zero-order valence-corrected chi connectivity index (χ0v) is 11.0. The molecule has 1 aromatic carbocycles. The third kappa shape index (κ3) is 5.15. The molecule has 7 heteroatoms. The lowest BCUT2D eigenvalue weighted by molar-refractivity contribution is -0.146. The van der Waals surface area contributed by atoms with Crippen LogP contribution in [-0.4, -0.2) is 43.3 Å². The van der Waals surface area contributed by atoms with E-state index in [-0.39, 0.29) is 6.61 Å². The van der Waals surface area contributed by atoms with Gasteiger partial charge in [0.2, 0.25) is 0 Å². The van der Waals surface area contributed by atoms with Crippen LogP contribution in [0, 0.1) is 0 Å². The number of methoxy groups -OCH3 is 1. The molecule has 1 atom stereocenters. The number of esters is 1. The van der Waals surface area contributed by atoms with Gasteiger partial charge in [-0.05, 0) is 24.3 Å². The van der Waals surface area contributed by atoms with Gasteiger partial charge in [0, 0.05) is 5.02 Å². The normalized spacial score (nSPS) is 11.5. The Hall–Kier alpha value is -1.79. The van der Waals surface area contributed by atoms with E-state index in [9.17, 15) is 9.59 Å². The highest BCUT2D eigenvalue weighted by Gasteiger charge is 2.20. The molecule has 104 valence electrons. The second-order valence-electron chi connectivity index (χ2n) is 3.57. The number of rotatable bonds is 6. The Morgan fingerprint density at radius 3 is 2.53 bits per heavy atom. The second-order valence-corrected chi connectivity index (χ2v) is 4.00. The van der Waals surface area contributed by atoms with Crippen LogP contribution >= 0.6 is 11.6 Å². The molecule has 0 aliphatic carbocycles. The maximum Gasteiger partial charge on any atom is 0.330 e. The van der Waals surface area contributed by atoms with Crippen molar-refractivity contribution in [3.8, 4) is 5.75 Å². The molecular formula is C12H14ClNO5. The fourth-order valence-corrected chi connectivity index (χ4v) is 1.36. The number of ether oxygens (including phenoxy) is 2. The number of nitrogens with one attached hydrogen (secondary N) is 1. The molecule has 2 N–H and O–H groups in total. The van der Waals surface area contributed by atoms with Crippen molar-refractivity contribution in [2.75, 3.05) is 20.3 Å². The molecule has 0 heterocycles. The lowest BCUT2D eigenvalue weighted by atomic mass is 10.3. The van der Waals surface area contributed by atoms with Gasteiger partial charge in [0.05, 0.1) is 13.7 Å². The third-order valence-electron chi connectivity index (χ3n) is 2.19. The van der Waals surface area contributed by atoms with Crippen LogP contribution in [0.25, 0.3) is 0 Å². The van der Waals surface area contributed by atoms with Crippen LogP contribution in [0.4, 0.5) is 0 Å². The minimum absolute atomic E-state index is 0.283. The van der Waals surface area contributed by atoms with E-state index in [1.54, 1.807) is 24.3 Å². The van der Waals surface area contributed by atoms with E-state index < -0.39 is 24.5 Å². The molecule has 1 rings (SSSR count). The summed E-state index contributed by atoms with van der Waals surface area (Å²) in [5, 5.41) is 11.8. The highest BCUT2D eigenvalue weighted by atomic mass is 35.5. The maximum atomic E-state index is 11.5. The van der Waals surface area contributed by atoms with Gasteiger partial charge in [-0.25, -0.2) is 4.79 Å². The number of hydrogen-bond donors (Lipinski definition) is 2. The zero-order valence-electron chi connectivity index (χ0n) is 10.3. The summed E-state index contributed by atoms with van der Waals surface area (Å²) in [6.45, 7) is -0.825. The molecule has 1 unspecified atom stereocenters. The number of halogens is 1. The monoisotopic (exact) mass is 287 g/mol. The molecule has 1 aromatic rings. The minimum atomic E-state index is -1.09. The summed E-state index contributed by atoms with van der Waals surface area (Å²) in [6.07, 6.45) is 0. The van der Waals surface area contributed by atoms with Crippen molar-refractivity contribution in [2.24, 2.45) is 0 Å². The Labute approximate surface area is 115 Å². The highest BCUT2D eigenvalue weighted by molar-refractivity contribution is 6.30. The summed E-state index contributed by atoms with van der Waals surface area (Å²) in [6, 6.07) is 5.38. The van der Waals surface area contributed by atoms with Gasteiger partial charge in [-0.3, -0.25) is 4.79 Å². The largest absolute Gasteiger partial charge is 0.484 e. The standard InChI is InChI=1S/C12H14ClNO5/c1-18-12(17)10(6-15)14-11(16)7-19-9-4-2-8(13)3-5-9/h2-5,10,15H,6-7H2,1H3,(H,14,16). The van der Waals surface area contributed by atoms with Crippen LogP contribution in [-0.2, 0) is 14.3 Å². The van der Waals surface area contributed by atoms with E-state index in [0.717, 1.165) is 0 Å². The van der Waals surface area contributed by atoms with E-state index in [0.29, 0.717) is 10.8 Å². The molecule has 0 aliphatic rings. The van der Waals surface area contributed by atoms with Crippen molar-refractivity contribution in [2.45, 2.75) is 6.04 Å². The molecule has 0 aromatic heterocycles. The first-order chi connectivity index (χ1) is 9.06. The topological polar surface area (TPSA) is 84.9 Å². The van der Waals surface area contributed by atoms with Crippen molar-refractivity contribution in [3.63, 3.8) is 0 Å². The molecule has 0 fully saturated rings. The molecule has 19 heavy (non-hydrogen) atoms. The van der Waals surface area contributed by atoms with Gasteiger partial charge in [0.15, 0.2) is 12.6 Å². The highest BCUT2D eigenvalue weighted by Crippen LogP contribution is 2.15. The SMILES string of the molecule is COC(=O)C(CO)NC(=O)COc1ccc(Cl)cc1. The summed E-state index contributed by atoms with van der Waals surface area (Å²) < 4.78 is 9.59. The molecule has 0 saturated carbocycles. The number of aliphatic hydroxyl groups excluding tert-OH is 1. The molecule has 0 aliphatic heterocycles. The first kappa shape index (κ1) is 15.3. The van der Waals surface area contributed by atoms with E-state index in [2.05, 4.69) is 10.1 Å². The quantitative estimate of drug-likeness (QED) is 0.739. The van der Waals surface area contributed by atoms with Crippen molar-refractivity contribution < 1.29 is 24.2 Å². The molecule has 1 amide bonds. The number of carbonyl (C=O) groups is 2. The molecule has 0 saturated heterocycles. The summed E-state index contributed by atoms with van der Waals surface area (Å²) in [7, 11) is 1.17. The number of aliphatic hydroxyl groups is 1. The first-order valence-corrected chi connectivity index (χ1v) is 5.81. The van der Waals surface area contributed by atoms with Crippen LogP contribution in [0.15, 0.2) is 24.3 Å². The zero-order chi connectivity index (χ0) is 14.3. The predicted octanol–water partition coefficient (Wildman–Crippen LogP) is 0.369. The van der Waals surface area contributed by atoms with Gasteiger partial charge in [-0.15, -0.1) is 0 Å². The summed E-state index contributed by atoms with van der Waals surface area (Å²) in [4.78, 5) is 22.6. The summed E-state index contributed by atoms with van der Waals surface area (Å²) in [5.74, 6) is -0.792. The maximum absolute atomic E-state index is 11.5. The molecule has 0 radical (unpaired) electrons. The van der Waals surface area contributed by atoms with E-state index in [1.165, 1.54) is 7.11 Å². The van der Waals surface area contributed by atoms with Gasteiger partial charge in [-0.1, -0.05) is 11.6 Å². The van der Waals surface area contributed by atoms with Gasteiger partial charge in [0.1, 0.15) is 5.75 Å². The van der Waals surface area contributed by atoms with Crippen molar-refractivity contribution in [1.29, 1.82) is 0 Å². The van der Waals surface area contributed by atoms with Crippen LogP contribution in [0.5, 0.6) is 5.75 Å². The lowest BCUT2D eigenvalue weighted by Gasteiger charge is -2.14. The van der Waals surface area contributed by atoms with E-state index in [4.69, 9.17) is 21.4 Å². The average Bonchev–Trinajstić information content (AvgIpc) is 2.43. The summed E-state index contributed by atoms with van der Waals surface area (Å²) in [5.41, 5.74) is 0. The van der Waals surface area contributed by atoms with Gasteiger partial charge >= 0.3 is 5.97 Å². The van der Waals surface area contributed by atoms with Crippen LogP contribution in [0.1, 0.15) is 0 Å². The Bertz CT molecular complexity index is 434. The second kappa shape index (κ2) is 7.60. The molecular weight excluding hydrogens is 274 g/mol. The summed E-state index contributed by atoms with van der Waals surface area (Å²) >= 11 is 5.70. The Morgan fingerprint density at radius 1 is 1.37 bits per heavy atom.